The van der Waals surface area contributed by atoms with Crippen molar-refractivity contribution in [3.63, 3.8) is 0 Å². The van der Waals surface area contributed by atoms with Crippen molar-refractivity contribution in [3.05, 3.63) is 70.8 Å². The van der Waals surface area contributed by atoms with E-state index in [1.54, 1.807) is 6.08 Å². The van der Waals surface area contributed by atoms with Crippen molar-refractivity contribution in [2.45, 2.75) is 18.9 Å². The quantitative estimate of drug-likeness (QED) is 0.743. The highest BCUT2D eigenvalue weighted by Gasteiger charge is 2.52. The lowest BCUT2D eigenvalue weighted by molar-refractivity contribution is -0.134. The maximum absolute atomic E-state index is 14.5. The summed E-state index contributed by atoms with van der Waals surface area (Å²) >= 11 is 0. The Bertz CT molecular complexity index is 1060. The van der Waals surface area contributed by atoms with Gasteiger partial charge in [-0.25, -0.2) is 17.6 Å². The first kappa shape index (κ1) is 20.4. The molecular weight excluding hydrogens is 400 g/mol. The number of fused-ring (bicyclic) bond motifs is 2. The maximum Gasteiger partial charge on any atom is 0.220 e. The predicted molar refractivity (Wildman–Crippen MR) is 103 cm³/mol. The molecule has 158 valence electrons. The molecule has 4 nitrogen and oxygen atoms in total. The molecule has 2 atom stereocenters. The van der Waals surface area contributed by atoms with E-state index in [9.17, 15) is 27.5 Å². The number of anilines is 1. The van der Waals surface area contributed by atoms with Crippen LogP contribution in [0.5, 0.6) is 0 Å². The van der Waals surface area contributed by atoms with Crippen LogP contribution in [-0.2, 0) is 10.3 Å². The highest BCUT2D eigenvalue weighted by Crippen LogP contribution is 2.51. The first-order valence-electron chi connectivity index (χ1n) is 9.57. The Kier molecular flexibility index (Phi) is 5.05. The number of halogens is 4. The van der Waals surface area contributed by atoms with E-state index in [0.717, 1.165) is 30.3 Å². The Balaban J connectivity index is 1.99. The van der Waals surface area contributed by atoms with Crippen LogP contribution in [0.3, 0.4) is 0 Å². The highest BCUT2D eigenvalue weighted by atomic mass is 19.2. The van der Waals surface area contributed by atoms with Crippen LogP contribution in [0, 0.1) is 29.2 Å². The standard InChI is InChI=1S/C22H20F4N2O2/c1-12(30)28-11-13(16-6-15(23)2-3-18(16)24)9-22(28)14(4-5-29)10-27-21-8-20(26)19(25)7-17(21)22/h2-3,6-9,14,27,29H,4-5,10-11H2,1H3. The molecule has 2 aliphatic rings. The number of aliphatic hydroxyl groups is 1. The van der Waals surface area contributed by atoms with E-state index < -0.39 is 34.7 Å². The Hall–Kier alpha value is -2.87. The normalized spacial score (nSPS) is 22.7. The third-order valence-electron chi connectivity index (χ3n) is 5.95. The summed E-state index contributed by atoms with van der Waals surface area (Å²) in [6.07, 6.45) is 1.88. The van der Waals surface area contributed by atoms with Gasteiger partial charge in [-0.05, 0) is 42.3 Å². The molecule has 2 N–H and O–H groups in total. The maximum atomic E-state index is 14.5. The molecule has 0 bridgehead atoms. The van der Waals surface area contributed by atoms with Gasteiger partial charge in [-0.1, -0.05) is 0 Å². The van der Waals surface area contributed by atoms with Gasteiger partial charge < -0.3 is 15.3 Å². The second-order valence-electron chi connectivity index (χ2n) is 7.63. The zero-order chi connectivity index (χ0) is 21.6. The minimum Gasteiger partial charge on any atom is -0.396 e. The number of benzene rings is 2. The van der Waals surface area contributed by atoms with Gasteiger partial charge in [-0.2, -0.15) is 0 Å². The SMILES string of the molecule is CC(=O)N1CC(c2cc(F)ccc2F)=CC12c1cc(F)c(F)cc1NCC2CCO. The average molecular weight is 420 g/mol. The van der Waals surface area contributed by atoms with Crippen molar-refractivity contribution < 1.29 is 27.5 Å². The van der Waals surface area contributed by atoms with Crippen LogP contribution >= 0.6 is 0 Å². The van der Waals surface area contributed by atoms with Gasteiger partial charge >= 0.3 is 0 Å². The second kappa shape index (κ2) is 7.43. The van der Waals surface area contributed by atoms with Crippen LogP contribution in [0.4, 0.5) is 23.2 Å². The Morgan fingerprint density at radius 2 is 1.90 bits per heavy atom. The summed E-state index contributed by atoms with van der Waals surface area (Å²) in [6.45, 7) is 1.38. The van der Waals surface area contributed by atoms with Crippen LogP contribution in [-0.4, -0.2) is 35.6 Å². The van der Waals surface area contributed by atoms with E-state index >= 15 is 0 Å². The van der Waals surface area contributed by atoms with E-state index in [4.69, 9.17) is 0 Å². The summed E-state index contributed by atoms with van der Waals surface area (Å²) < 4.78 is 56.4. The minimum absolute atomic E-state index is 0.00328. The van der Waals surface area contributed by atoms with Crippen LogP contribution in [0.1, 0.15) is 24.5 Å². The van der Waals surface area contributed by atoms with Gasteiger partial charge in [0, 0.05) is 55.4 Å². The molecule has 1 spiro atoms. The fourth-order valence-electron chi connectivity index (χ4n) is 4.64. The zero-order valence-electron chi connectivity index (χ0n) is 16.2. The van der Waals surface area contributed by atoms with E-state index in [1.165, 1.54) is 11.8 Å². The summed E-state index contributed by atoms with van der Waals surface area (Å²) in [4.78, 5) is 14.1. The summed E-state index contributed by atoms with van der Waals surface area (Å²) in [5.74, 6) is -4.17. The third kappa shape index (κ3) is 3.06. The van der Waals surface area contributed by atoms with E-state index in [2.05, 4.69) is 5.32 Å². The molecule has 0 aromatic heterocycles. The topological polar surface area (TPSA) is 52.6 Å². The Morgan fingerprint density at radius 1 is 1.17 bits per heavy atom. The van der Waals surface area contributed by atoms with Gasteiger partial charge in [0.1, 0.15) is 11.6 Å². The summed E-state index contributed by atoms with van der Waals surface area (Å²) in [5.41, 5.74) is -0.247. The van der Waals surface area contributed by atoms with Gasteiger partial charge in [0.2, 0.25) is 5.91 Å². The van der Waals surface area contributed by atoms with E-state index in [-0.39, 0.29) is 37.6 Å². The molecule has 1 amide bonds. The molecular formula is C22H20F4N2O2. The summed E-state index contributed by atoms with van der Waals surface area (Å²) in [7, 11) is 0. The number of hydrogen-bond donors (Lipinski definition) is 2. The number of rotatable bonds is 3. The molecule has 0 fully saturated rings. The Morgan fingerprint density at radius 3 is 2.60 bits per heavy atom. The summed E-state index contributed by atoms with van der Waals surface area (Å²) in [5, 5.41) is 12.6. The van der Waals surface area contributed by atoms with E-state index in [1.807, 2.05) is 0 Å². The number of nitrogens with one attached hydrogen (secondary N) is 1. The van der Waals surface area contributed by atoms with Crippen LogP contribution in [0.25, 0.3) is 5.57 Å². The molecule has 2 unspecified atom stereocenters. The molecule has 30 heavy (non-hydrogen) atoms. The first-order valence-corrected chi connectivity index (χ1v) is 9.57. The lowest BCUT2D eigenvalue weighted by Gasteiger charge is -2.48. The molecule has 0 radical (unpaired) electrons. The molecule has 0 saturated carbocycles. The number of nitrogens with zero attached hydrogens (tertiary/aromatic N) is 1. The Labute approximate surface area is 170 Å². The molecule has 2 aromatic carbocycles. The van der Waals surface area contributed by atoms with Gasteiger partial charge in [-0.3, -0.25) is 4.79 Å². The first-order chi connectivity index (χ1) is 14.3. The monoisotopic (exact) mass is 420 g/mol. The van der Waals surface area contributed by atoms with Gasteiger partial charge in [-0.15, -0.1) is 0 Å². The van der Waals surface area contributed by atoms with Crippen molar-refractivity contribution in [2.75, 3.05) is 25.0 Å². The molecule has 4 rings (SSSR count). The zero-order valence-corrected chi connectivity index (χ0v) is 16.2. The molecule has 2 aliphatic heterocycles. The molecule has 0 saturated heterocycles. The van der Waals surface area contributed by atoms with Crippen molar-refractivity contribution in [3.8, 4) is 0 Å². The molecule has 8 heteroatoms. The van der Waals surface area contributed by atoms with Crippen molar-refractivity contribution in [2.24, 2.45) is 5.92 Å². The van der Waals surface area contributed by atoms with Gasteiger partial charge in [0.05, 0.1) is 5.54 Å². The molecule has 2 aromatic rings. The van der Waals surface area contributed by atoms with Crippen molar-refractivity contribution >= 4 is 17.2 Å². The van der Waals surface area contributed by atoms with Crippen molar-refractivity contribution in [1.82, 2.24) is 4.90 Å². The highest BCUT2D eigenvalue weighted by molar-refractivity contribution is 5.84. The average Bonchev–Trinajstić information content (AvgIpc) is 3.09. The smallest absolute Gasteiger partial charge is 0.220 e. The second-order valence-corrected chi connectivity index (χ2v) is 7.63. The largest absolute Gasteiger partial charge is 0.396 e. The molecule has 2 heterocycles. The fourth-order valence-corrected chi connectivity index (χ4v) is 4.64. The van der Waals surface area contributed by atoms with Crippen LogP contribution < -0.4 is 5.32 Å². The predicted octanol–water partition coefficient (Wildman–Crippen LogP) is 3.81. The van der Waals surface area contributed by atoms with Gasteiger partial charge in [0.15, 0.2) is 11.6 Å². The number of amides is 1. The van der Waals surface area contributed by atoms with E-state index in [0.29, 0.717) is 16.8 Å². The van der Waals surface area contributed by atoms with Gasteiger partial charge in [0.25, 0.3) is 0 Å². The summed E-state index contributed by atoms with van der Waals surface area (Å²) in [6, 6.07) is 5.10. The van der Waals surface area contributed by atoms with Crippen LogP contribution in [0.15, 0.2) is 36.4 Å². The number of hydrogen-bond acceptors (Lipinski definition) is 3. The molecule has 0 aliphatic carbocycles. The minimum atomic E-state index is -1.24. The number of carbonyl (C=O) groups is 1. The lowest BCUT2D eigenvalue weighted by atomic mass is 9.72. The van der Waals surface area contributed by atoms with Crippen molar-refractivity contribution in [1.29, 1.82) is 0 Å². The van der Waals surface area contributed by atoms with Crippen LogP contribution in [0.2, 0.25) is 0 Å². The third-order valence-corrected chi connectivity index (χ3v) is 5.95. The fraction of sp³-hybridized carbons (Fsp3) is 0.318. The lowest BCUT2D eigenvalue weighted by Crippen LogP contribution is -2.54. The number of carbonyl (C=O) groups excluding carboxylic acids is 1. The number of aliphatic hydroxyl groups excluding tert-OH is 1.